The second-order valence-electron chi connectivity index (χ2n) is 4.80. The van der Waals surface area contributed by atoms with Crippen LogP contribution in [0.25, 0.3) is 0 Å². The first kappa shape index (κ1) is 13.7. The van der Waals surface area contributed by atoms with Gasteiger partial charge in [-0.25, -0.2) is 9.97 Å². The summed E-state index contributed by atoms with van der Waals surface area (Å²) in [6, 6.07) is 0. The Balaban J connectivity index is 2.09. The Morgan fingerprint density at radius 1 is 1.53 bits per heavy atom. The summed E-state index contributed by atoms with van der Waals surface area (Å²) in [7, 11) is 1.59. The molecular weight excluding hydrogens is 244 g/mol. The van der Waals surface area contributed by atoms with Gasteiger partial charge in [0.05, 0.1) is 18.7 Å². The van der Waals surface area contributed by atoms with Gasteiger partial charge in [-0.3, -0.25) is 4.79 Å². The number of carbonyl (C=O) groups is 1. The SMILES string of the molecule is COCC(C)C(=O)Nc1cncnc1N1CCCC1. The van der Waals surface area contributed by atoms with Gasteiger partial charge in [-0.2, -0.15) is 0 Å². The fourth-order valence-corrected chi connectivity index (χ4v) is 2.17. The van der Waals surface area contributed by atoms with Crippen molar-refractivity contribution in [3.63, 3.8) is 0 Å². The fraction of sp³-hybridized carbons (Fsp3) is 0.615. The molecule has 1 saturated heterocycles. The molecule has 1 atom stereocenters. The van der Waals surface area contributed by atoms with Crippen molar-refractivity contribution < 1.29 is 9.53 Å². The van der Waals surface area contributed by atoms with Crippen molar-refractivity contribution in [3.8, 4) is 0 Å². The number of hydrogen-bond donors (Lipinski definition) is 1. The molecule has 6 heteroatoms. The quantitative estimate of drug-likeness (QED) is 0.868. The molecule has 0 aromatic carbocycles. The zero-order chi connectivity index (χ0) is 13.7. The Kier molecular flexibility index (Phi) is 4.68. The lowest BCUT2D eigenvalue weighted by Crippen LogP contribution is -2.26. The molecule has 1 aliphatic heterocycles. The molecule has 1 aromatic heterocycles. The minimum Gasteiger partial charge on any atom is -0.384 e. The van der Waals surface area contributed by atoms with Crippen LogP contribution in [-0.4, -0.2) is 42.7 Å². The number of hydrogen-bond acceptors (Lipinski definition) is 5. The van der Waals surface area contributed by atoms with E-state index >= 15 is 0 Å². The molecule has 1 fully saturated rings. The number of ether oxygens (including phenoxy) is 1. The molecule has 0 spiro atoms. The molecule has 1 aromatic rings. The van der Waals surface area contributed by atoms with E-state index in [9.17, 15) is 4.79 Å². The molecule has 1 aliphatic rings. The average molecular weight is 264 g/mol. The van der Waals surface area contributed by atoms with Crippen molar-refractivity contribution in [2.75, 3.05) is 37.0 Å². The van der Waals surface area contributed by atoms with Gasteiger partial charge in [0.2, 0.25) is 5.91 Å². The van der Waals surface area contributed by atoms with Crippen LogP contribution in [0.3, 0.4) is 0 Å². The summed E-state index contributed by atoms with van der Waals surface area (Å²) < 4.78 is 4.99. The highest BCUT2D eigenvalue weighted by Gasteiger charge is 2.20. The van der Waals surface area contributed by atoms with Gasteiger partial charge in [0.15, 0.2) is 5.82 Å². The number of amides is 1. The first-order chi connectivity index (χ1) is 9.22. The van der Waals surface area contributed by atoms with Crippen LogP contribution in [0.1, 0.15) is 19.8 Å². The van der Waals surface area contributed by atoms with E-state index < -0.39 is 0 Å². The second-order valence-corrected chi connectivity index (χ2v) is 4.80. The van der Waals surface area contributed by atoms with Gasteiger partial charge in [-0.05, 0) is 12.8 Å². The van der Waals surface area contributed by atoms with Crippen LogP contribution in [0, 0.1) is 5.92 Å². The predicted octanol–water partition coefficient (Wildman–Crippen LogP) is 1.30. The normalized spacial score (nSPS) is 16.4. The molecule has 6 nitrogen and oxygen atoms in total. The third-order valence-electron chi connectivity index (χ3n) is 3.22. The molecule has 2 heterocycles. The van der Waals surface area contributed by atoms with E-state index in [4.69, 9.17) is 4.74 Å². The Bertz CT molecular complexity index is 432. The van der Waals surface area contributed by atoms with Crippen LogP contribution in [-0.2, 0) is 9.53 Å². The molecule has 1 N–H and O–H groups in total. The van der Waals surface area contributed by atoms with E-state index in [2.05, 4.69) is 20.2 Å². The molecule has 0 aliphatic carbocycles. The summed E-state index contributed by atoms with van der Waals surface area (Å²) in [5.41, 5.74) is 0.678. The minimum atomic E-state index is -0.198. The topological polar surface area (TPSA) is 67.3 Å². The number of aromatic nitrogens is 2. The van der Waals surface area contributed by atoms with E-state index in [1.165, 1.54) is 6.33 Å². The number of nitrogens with one attached hydrogen (secondary N) is 1. The van der Waals surface area contributed by atoms with Gasteiger partial charge in [0.25, 0.3) is 0 Å². The minimum absolute atomic E-state index is 0.0721. The smallest absolute Gasteiger partial charge is 0.229 e. The van der Waals surface area contributed by atoms with Gasteiger partial charge in [0, 0.05) is 20.2 Å². The highest BCUT2D eigenvalue weighted by atomic mass is 16.5. The largest absolute Gasteiger partial charge is 0.384 e. The van der Waals surface area contributed by atoms with Gasteiger partial charge in [-0.15, -0.1) is 0 Å². The summed E-state index contributed by atoms with van der Waals surface area (Å²) in [5, 5.41) is 2.89. The number of carbonyl (C=O) groups excluding carboxylic acids is 1. The van der Waals surface area contributed by atoms with Gasteiger partial charge in [-0.1, -0.05) is 6.92 Å². The third-order valence-corrected chi connectivity index (χ3v) is 3.22. The monoisotopic (exact) mass is 264 g/mol. The van der Waals surface area contributed by atoms with Crippen LogP contribution in [0.5, 0.6) is 0 Å². The lowest BCUT2D eigenvalue weighted by Gasteiger charge is -2.20. The number of anilines is 2. The Labute approximate surface area is 113 Å². The van der Waals surface area contributed by atoms with Crippen LogP contribution < -0.4 is 10.2 Å². The maximum Gasteiger partial charge on any atom is 0.229 e. The number of rotatable bonds is 5. The number of nitrogens with zero attached hydrogens (tertiary/aromatic N) is 3. The van der Waals surface area contributed by atoms with Crippen molar-refractivity contribution >= 4 is 17.4 Å². The van der Waals surface area contributed by atoms with Crippen molar-refractivity contribution in [3.05, 3.63) is 12.5 Å². The Morgan fingerprint density at radius 3 is 2.95 bits per heavy atom. The third kappa shape index (κ3) is 3.41. The second kappa shape index (κ2) is 6.47. The van der Waals surface area contributed by atoms with Gasteiger partial charge >= 0.3 is 0 Å². The fourth-order valence-electron chi connectivity index (χ4n) is 2.17. The predicted molar refractivity (Wildman–Crippen MR) is 73.1 cm³/mol. The lowest BCUT2D eigenvalue weighted by atomic mass is 10.2. The highest BCUT2D eigenvalue weighted by molar-refractivity contribution is 5.94. The maximum absolute atomic E-state index is 12.0. The summed E-state index contributed by atoms with van der Waals surface area (Å²) in [4.78, 5) is 22.5. The molecule has 19 heavy (non-hydrogen) atoms. The van der Waals surface area contributed by atoms with Crippen LogP contribution >= 0.6 is 0 Å². The zero-order valence-corrected chi connectivity index (χ0v) is 11.4. The molecular formula is C13H20N4O2. The van der Waals surface area contributed by atoms with Crippen LogP contribution in [0.4, 0.5) is 11.5 Å². The molecule has 2 rings (SSSR count). The summed E-state index contributed by atoms with van der Waals surface area (Å²) in [6.45, 7) is 4.19. The maximum atomic E-state index is 12.0. The Hall–Kier alpha value is -1.69. The van der Waals surface area contributed by atoms with E-state index in [-0.39, 0.29) is 11.8 Å². The highest BCUT2D eigenvalue weighted by Crippen LogP contribution is 2.25. The summed E-state index contributed by atoms with van der Waals surface area (Å²) in [6.07, 6.45) is 5.49. The zero-order valence-electron chi connectivity index (χ0n) is 11.4. The molecule has 0 bridgehead atoms. The molecule has 104 valence electrons. The molecule has 0 saturated carbocycles. The van der Waals surface area contributed by atoms with Crippen molar-refractivity contribution in [1.29, 1.82) is 0 Å². The van der Waals surface area contributed by atoms with E-state index in [0.717, 1.165) is 31.7 Å². The van der Waals surface area contributed by atoms with Crippen molar-refractivity contribution in [2.24, 2.45) is 5.92 Å². The van der Waals surface area contributed by atoms with Gasteiger partial charge < -0.3 is 15.0 Å². The van der Waals surface area contributed by atoms with Crippen LogP contribution in [0.2, 0.25) is 0 Å². The van der Waals surface area contributed by atoms with E-state index in [1.54, 1.807) is 13.3 Å². The van der Waals surface area contributed by atoms with E-state index in [0.29, 0.717) is 12.3 Å². The lowest BCUT2D eigenvalue weighted by molar-refractivity contribution is -0.120. The first-order valence-corrected chi connectivity index (χ1v) is 6.57. The molecule has 1 unspecified atom stereocenters. The van der Waals surface area contributed by atoms with Crippen molar-refractivity contribution in [1.82, 2.24) is 9.97 Å². The van der Waals surface area contributed by atoms with Gasteiger partial charge in [0.1, 0.15) is 12.0 Å². The Morgan fingerprint density at radius 2 is 2.26 bits per heavy atom. The standard InChI is InChI=1S/C13H20N4O2/c1-10(8-19-2)13(18)16-11-7-14-9-15-12(11)17-5-3-4-6-17/h7,9-10H,3-6,8H2,1-2H3,(H,16,18). The average Bonchev–Trinajstić information content (AvgIpc) is 2.93. The first-order valence-electron chi connectivity index (χ1n) is 6.57. The van der Waals surface area contributed by atoms with Crippen molar-refractivity contribution in [2.45, 2.75) is 19.8 Å². The molecule has 0 radical (unpaired) electrons. The number of methoxy groups -OCH3 is 1. The van der Waals surface area contributed by atoms with E-state index in [1.807, 2.05) is 6.92 Å². The molecule has 1 amide bonds. The summed E-state index contributed by atoms with van der Waals surface area (Å²) in [5.74, 6) is 0.541. The van der Waals surface area contributed by atoms with Crippen LogP contribution in [0.15, 0.2) is 12.5 Å². The summed E-state index contributed by atoms with van der Waals surface area (Å²) >= 11 is 0.